The topological polar surface area (TPSA) is 192 Å². The Kier molecular flexibility index (Phi) is 126000. The van der Waals surface area contributed by atoms with Gasteiger partial charge in [0.05, 0.1) is 0 Å². The molecule has 0 heterocycles. The fourth-order valence-electron chi connectivity index (χ4n) is 0. The average Bonchev–Trinajstić information content (AvgIpc) is 0.918. The van der Waals surface area contributed by atoms with Crippen LogP contribution >= 0.6 is 0 Å². The van der Waals surface area contributed by atoms with Gasteiger partial charge in [-0.25, -0.2) is 0 Å². The molecule has 0 aliphatic carbocycles. The van der Waals surface area contributed by atoms with E-state index in [9.17, 15) is 0 Å². The number of hydrogen-bond donors (Lipinski definition) is 0. The lowest BCUT2D eigenvalue weighted by Gasteiger charge is -0.945. The van der Waals surface area contributed by atoms with E-state index >= 15 is 0 Å². The third kappa shape index (κ3) is 135. The van der Waals surface area contributed by atoms with Gasteiger partial charge in [0.25, 0.3) is 0 Å². The molecular formula is CH10O7. The average molecular weight is 134 g/mol. The first-order chi connectivity index (χ1) is 1.41. The van der Waals surface area contributed by atoms with Crippen LogP contribution in [-0.4, -0.2) is 33.5 Å². The number of rotatable bonds is 0. The molecule has 10 N–H and O–H groups in total. The van der Waals surface area contributed by atoms with Gasteiger partial charge < -0.3 is 27.4 Å². The lowest BCUT2D eigenvalue weighted by molar-refractivity contribution is -0.191. The Labute approximate surface area is 44.5 Å². The molecule has 0 rings (SSSR count). The van der Waals surface area contributed by atoms with Gasteiger partial charge in [-0.15, -0.1) is 0 Å². The van der Waals surface area contributed by atoms with Crippen LogP contribution in [0.3, 0.4) is 0 Å². The highest BCUT2D eigenvalue weighted by Crippen LogP contribution is 0.787. The number of carbonyl (C=O) groups excluding carboxylic acids is 2. The molecule has 0 fully saturated rings. The van der Waals surface area contributed by atoms with Crippen molar-refractivity contribution in [1.82, 2.24) is 0 Å². The largest absolute Gasteiger partial charge is 0.412 e. The minimum absolute atomic E-state index is 0. The Morgan fingerprint density at radius 1 is 0.625 bits per heavy atom. The van der Waals surface area contributed by atoms with E-state index in [2.05, 4.69) is 0 Å². The lowest BCUT2D eigenvalue weighted by Crippen LogP contribution is -1.22. The van der Waals surface area contributed by atoms with Gasteiger partial charge in [-0.2, -0.15) is 9.59 Å². The summed E-state index contributed by atoms with van der Waals surface area (Å²) in [7, 11) is 0. The maximum Gasteiger partial charge on any atom is 0.373 e. The van der Waals surface area contributed by atoms with Crippen molar-refractivity contribution in [3.05, 3.63) is 0 Å². The third-order valence-corrected chi connectivity index (χ3v) is 0. The van der Waals surface area contributed by atoms with Crippen molar-refractivity contribution in [2.24, 2.45) is 0 Å². The summed E-state index contributed by atoms with van der Waals surface area (Å²) in [5, 5.41) is 0. The molecule has 0 spiro atoms. The molecule has 0 aliphatic heterocycles. The van der Waals surface area contributed by atoms with Gasteiger partial charge in [-0.05, 0) is 0 Å². The minimum atomic E-state index is 0. The molecule has 0 aliphatic rings. The normalized spacial score (nSPS) is 1.00. The van der Waals surface area contributed by atoms with Crippen molar-refractivity contribution in [2.75, 3.05) is 0 Å². The van der Waals surface area contributed by atoms with Crippen molar-refractivity contribution < 1.29 is 37.0 Å². The molecule has 0 radical (unpaired) electrons. The molecule has 0 atom stereocenters. The van der Waals surface area contributed by atoms with E-state index in [-0.39, 0.29) is 33.5 Å². The first-order valence-electron chi connectivity index (χ1n) is 0.408. The molecule has 0 saturated heterocycles. The van der Waals surface area contributed by atoms with Gasteiger partial charge in [-0.3, -0.25) is 0 Å². The van der Waals surface area contributed by atoms with Crippen molar-refractivity contribution in [2.45, 2.75) is 0 Å². The first-order valence-corrected chi connectivity index (χ1v) is 0.408. The van der Waals surface area contributed by atoms with E-state index in [1.54, 1.807) is 0 Å². The summed E-state index contributed by atoms with van der Waals surface area (Å²) in [6.07, 6.45) is 0.250. The molecule has 0 saturated carbocycles. The summed E-state index contributed by atoms with van der Waals surface area (Å²) in [5.74, 6) is 0. The Morgan fingerprint density at radius 2 is 0.625 bits per heavy atom. The predicted molar refractivity (Wildman–Crippen MR) is 23.1 cm³/mol. The van der Waals surface area contributed by atoms with Crippen LogP contribution in [0.2, 0.25) is 0 Å². The maximum absolute atomic E-state index is 8.12. The molecule has 0 bridgehead atoms. The molecule has 0 amide bonds. The van der Waals surface area contributed by atoms with Crippen LogP contribution in [0.5, 0.6) is 0 Å². The monoisotopic (exact) mass is 134 g/mol. The van der Waals surface area contributed by atoms with Crippen LogP contribution in [0.15, 0.2) is 0 Å². The second-order valence-corrected chi connectivity index (χ2v) is 0.0833. The summed E-state index contributed by atoms with van der Waals surface area (Å²) in [5.41, 5.74) is 0. The molecule has 8 heavy (non-hydrogen) atoms. The van der Waals surface area contributed by atoms with Gasteiger partial charge in [-0.1, -0.05) is 0 Å². The molecule has 56 valence electrons. The Balaban J connectivity index is -0.00000000200. The van der Waals surface area contributed by atoms with Crippen molar-refractivity contribution >= 4 is 6.15 Å². The van der Waals surface area contributed by atoms with E-state index in [0.717, 1.165) is 0 Å². The van der Waals surface area contributed by atoms with E-state index in [1.807, 2.05) is 0 Å². The first kappa shape index (κ1) is 197. The van der Waals surface area contributed by atoms with Gasteiger partial charge in [0.1, 0.15) is 0 Å². The highest BCUT2D eigenvalue weighted by atomic mass is 16.2. The SMILES string of the molecule is O.O.O.O.O.O=C=O. The van der Waals surface area contributed by atoms with Crippen LogP contribution in [0.4, 0.5) is 0 Å². The molecular weight excluding hydrogens is 124 g/mol. The summed E-state index contributed by atoms with van der Waals surface area (Å²) in [6, 6.07) is 0. The molecule has 0 aromatic carbocycles. The zero-order chi connectivity index (χ0) is 2.71. The van der Waals surface area contributed by atoms with Crippen LogP contribution in [0.25, 0.3) is 0 Å². The number of hydrogen-bond acceptors (Lipinski definition) is 2. The van der Waals surface area contributed by atoms with Gasteiger partial charge in [0.2, 0.25) is 0 Å². The lowest BCUT2D eigenvalue weighted by atomic mass is 11.8. The summed E-state index contributed by atoms with van der Waals surface area (Å²) >= 11 is 0. The van der Waals surface area contributed by atoms with E-state index in [1.165, 1.54) is 0 Å². The van der Waals surface area contributed by atoms with Gasteiger partial charge in [0.15, 0.2) is 0 Å². The standard InChI is InChI=1S/CO2.5H2O/c2-1-3;;;;;/h;5*1H2. The highest BCUT2D eigenvalue weighted by molar-refractivity contribution is 5.20. The minimum Gasteiger partial charge on any atom is -0.412 e. The van der Waals surface area contributed by atoms with E-state index < -0.39 is 0 Å². The van der Waals surface area contributed by atoms with Crippen molar-refractivity contribution in [3.8, 4) is 0 Å². The second kappa shape index (κ2) is 5120. The van der Waals surface area contributed by atoms with E-state index in [0.29, 0.717) is 0 Å². The Morgan fingerprint density at radius 3 is 0.625 bits per heavy atom. The quantitative estimate of drug-likeness (QED) is 0.321. The summed E-state index contributed by atoms with van der Waals surface area (Å²) < 4.78 is 0. The zero-order valence-corrected chi connectivity index (χ0v) is 3.82. The predicted octanol–water partition coefficient (Wildman–Crippen LogP) is -4.71. The Bertz CT molecular complexity index is 25.4. The fourth-order valence-corrected chi connectivity index (χ4v) is 0. The van der Waals surface area contributed by atoms with Crippen LogP contribution in [0.1, 0.15) is 0 Å². The zero-order valence-electron chi connectivity index (χ0n) is 3.82. The maximum atomic E-state index is 8.12. The van der Waals surface area contributed by atoms with Crippen molar-refractivity contribution in [3.63, 3.8) is 0 Å². The third-order valence-electron chi connectivity index (χ3n) is 0. The Hall–Kier alpha value is -0.820. The summed E-state index contributed by atoms with van der Waals surface area (Å²) in [6.45, 7) is 0. The summed E-state index contributed by atoms with van der Waals surface area (Å²) in [4.78, 5) is 16.2. The molecule has 0 unspecified atom stereocenters. The molecule has 0 aromatic rings. The van der Waals surface area contributed by atoms with Gasteiger partial charge in [0, 0.05) is 0 Å². The van der Waals surface area contributed by atoms with E-state index in [4.69, 9.17) is 9.59 Å². The van der Waals surface area contributed by atoms with Crippen LogP contribution < -0.4 is 0 Å². The fraction of sp³-hybridized carbons (Fsp3) is 0. The van der Waals surface area contributed by atoms with Gasteiger partial charge >= 0.3 is 6.15 Å². The molecule has 0 aromatic heterocycles. The van der Waals surface area contributed by atoms with Crippen LogP contribution in [0, 0.1) is 0 Å². The second-order valence-electron chi connectivity index (χ2n) is 0.0833. The van der Waals surface area contributed by atoms with Crippen LogP contribution in [-0.2, 0) is 9.59 Å². The molecule has 7 nitrogen and oxygen atoms in total. The smallest absolute Gasteiger partial charge is 0.373 e. The molecule has 7 heteroatoms. The van der Waals surface area contributed by atoms with Crippen molar-refractivity contribution in [1.29, 1.82) is 0 Å². The highest BCUT2D eigenvalue weighted by Gasteiger charge is 1.13.